The second-order valence-corrected chi connectivity index (χ2v) is 4.71. The molecule has 0 fully saturated rings. The number of nitrogens with zero attached hydrogens (tertiary/aromatic N) is 3. The van der Waals surface area contributed by atoms with E-state index < -0.39 is 4.92 Å². The summed E-state index contributed by atoms with van der Waals surface area (Å²) < 4.78 is 7.53. The number of non-ortho nitro benzene ring substituents is 1. The highest BCUT2D eigenvalue weighted by Crippen LogP contribution is 2.16. The van der Waals surface area contributed by atoms with E-state index in [1.54, 1.807) is 24.7 Å². The van der Waals surface area contributed by atoms with Crippen molar-refractivity contribution in [2.45, 2.75) is 19.5 Å². The van der Waals surface area contributed by atoms with E-state index in [2.05, 4.69) is 17.2 Å². The summed E-state index contributed by atoms with van der Waals surface area (Å²) in [5.41, 5.74) is 0.0643. The van der Waals surface area contributed by atoms with Gasteiger partial charge in [-0.05, 0) is 19.1 Å². The maximum atomic E-state index is 10.5. The molecule has 0 aliphatic carbocycles. The molecule has 0 spiro atoms. The number of nitrogens with one attached hydrogen (secondary N) is 1. The van der Waals surface area contributed by atoms with E-state index in [4.69, 9.17) is 4.74 Å². The van der Waals surface area contributed by atoms with Gasteiger partial charge in [-0.3, -0.25) is 10.1 Å². The van der Waals surface area contributed by atoms with E-state index in [0.29, 0.717) is 24.9 Å². The van der Waals surface area contributed by atoms with Crippen LogP contribution in [0.1, 0.15) is 6.92 Å². The number of imidazole rings is 1. The lowest BCUT2D eigenvalue weighted by molar-refractivity contribution is -0.384. The zero-order chi connectivity index (χ0) is 15.1. The second kappa shape index (κ2) is 7.39. The Labute approximate surface area is 122 Å². The minimum atomic E-state index is -0.427. The summed E-state index contributed by atoms with van der Waals surface area (Å²) in [7, 11) is 0. The summed E-state index contributed by atoms with van der Waals surface area (Å²) in [5, 5.41) is 13.9. The highest BCUT2D eigenvalue weighted by molar-refractivity contribution is 5.35. The Morgan fingerprint density at radius 3 is 2.81 bits per heavy atom. The molecular weight excluding hydrogens is 272 g/mol. The van der Waals surface area contributed by atoms with Crippen LogP contribution in [0.5, 0.6) is 5.75 Å². The van der Waals surface area contributed by atoms with Crippen LogP contribution in [0.25, 0.3) is 0 Å². The lowest BCUT2D eigenvalue weighted by Crippen LogP contribution is -2.33. The Bertz CT molecular complexity index is 554. The summed E-state index contributed by atoms with van der Waals surface area (Å²) >= 11 is 0. The minimum absolute atomic E-state index is 0.0643. The highest BCUT2D eigenvalue weighted by atomic mass is 16.6. The van der Waals surface area contributed by atoms with Crippen molar-refractivity contribution in [3.63, 3.8) is 0 Å². The fraction of sp³-hybridized carbons (Fsp3) is 0.357. The van der Waals surface area contributed by atoms with E-state index in [0.717, 1.165) is 6.54 Å². The molecule has 2 rings (SSSR count). The van der Waals surface area contributed by atoms with E-state index >= 15 is 0 Å². The van der Waals surface area contributed by atoms with Gasteiger partial charge in [0.15, 0.2) is 0 Å². The summed E-state index contributed by atoms with van der Waals surface area (Å²) in [5.74, 6) is 0.629. The van der Waals surface area contributed by atoms with Gasteiger partial charge in [0, 0.05) is 43.7 Å². The van der Waals surface area contributed by atoms with Gasteiger partial charge in [-0.1, -0.05) is 0 Å². The van der Waals surface area contributed by atoms with Gasteiger partial charge in [0.2, 0.25) is 0 Å². The molecule has 1 aromatic carbocycles. The van der Waals surface area contributed by atoms with Gasteiger partial charge in [0.05, 0.1) is 11.3 Å². The Hall–Kier alpha value is -2.41. The average molecular weight is 290 g/mol. The third-order valence-corrected chi connectivity index (χ3v) is 2.96. The van der Waals surface area contributed by atoms with Crippen molar-refractivity contribution >= 4 is 5.69 Å². The molecule has 7 nitrogen and oxygen atoms in total. The predicted molar refractivity (Wildman–Crippen MR) is 78.3 cm³/mol. The Kier molecular flexibility index (Phi) is 5.28. The molecule has 21 heavy (non-hydrogen) atoms. The van der Waals surface area contributed by atoms with Crippen LogP contribution in [0.15, 0.2) is 43.0 Å². The van der Waals surface area contributed by atoms with E-state index in [1.807, 2.05) is 10.8 Å². The summed E-state index contributed by atoms with van der Waals surface area (Å²) in [4.78, 5) is 14.1. The number of rotatable bonds is 8. The summed E-state index contributed by atoms with van der Waals surface area (Å²) in [6, 6.07) is 6.38. The normalized spacial score (nSPS) is 12.0. The van der Waals surface area contributed by atoms with Gasteiger partial charge in [-0.25, -0.2) is 4.98 Å². The highest BCUT2D eigenvalue weighted by Gasteiger charge is 2.05. The topological polar surface area (TPSA) is 82.2 Å². The molecule has 0 aliphatic rings. The van der Waals surface area contributed by atoms with E-state index in [9.17, 15) is 10.1 Å². The molecule has 0 saturated carbocycles. The van der Waals surface area contributed by atoms with E-state index in [1.165, 1.54) is 12.1 Å². The maximum absolute atomic E-state index is 10.5. The molecule has 1 heterocycles. The first-order valence-electron chi connectivity index (χ1n) is 6.71. The molecule has 0 aliphatic heterocycles. The van der Waals surface area contributed by atoms with Crippen LogP contribution in [0.4, 0.5) is 5.69 Å². The molecule has 1 aromatic heterocycles. The number of nitro groups is 1. The molecule has 0 amide bonds. The van der Waals surface area contributed by atoms with Gasteiger partial charge < -0.3 is 14.6 Å². The molecule has 0 saturated heterocycles. The molecule has 7 heteroatoms. The van der Waals surface area contributed by atoms with Crippen molar-refractivity contribution in [2.75, 3.05) is 13.2 Å². The molecule has 1 N–H and O–H groups in total. The van der Waals surface area contributed by atoms with Crippen LogP contribution < -0.4 is 10.1 Å². The van der Waals surface area contributed by atoms with Gasteiger partial charge in [-0.15, -0.1) is 0 Å². The SMILES string of the molecule is CC(Cn1ccnc1)NCCOc1ccc([N+](=O)[O-])cc1. The molecule has 1 unspecified atom stereocenters. The van der Waals surface area contributed by atoms with Crippen LogP contribution in [-0.4, -0.2) is 33.7 Å². The van der Waals surface area contributed by atoms with Crippen molar-refractivity contribution in [3.8, 4) is 5.75 Å². The molecule has 112 valence electrons. The smallest absolute Gasteiger partial charge is 0.269 e. The third-order valence-electron chi connectivity index (χ3n) is 2.96. The van der Waals surface area contributed by atoms with E-state index in [-0.39, 0.29) is 5.69 Å². The van der Waals surface area contributed by atoms with Crippen molar-refractivity contribution in [3.05, 3.63) is 53.1 Å². The van der Waals surface area contributed by atoms with Crippen LogP contribution in [-0.2, 0) is 6.54 Å². The number of nitro benzene ring substituents is 1. The number of ether oxygens (including phenoxy) is 1. The molecule has 0 radical (unpaired) electrons. The number of hydrogen-bond acceptors (Lipinski definition) is 5. The zero-order valence-electron chi connectivity index (χ0n) is 11.8. The summed E-state index contributed by atoms with van der Waals surface area (Å²) in [6.07, 6.45) is 5.46. The fourth-order valence-electron chi connectivity index (χ4n) is 1.91. The molecule has 1 atom stereocenters. The number of benzene rings is 1. The largest absolute Gasteiger partial charge is 0.492 e. The Balaban J connectivity index is 1.66. The average Bonchev–Trinajstić information content (AvgIpc) is 2.97. The first-order chi connectivity index (χ1) is 10.1. The lowest BCUT2D eigenvalue weighted by atomic mass is 10.3. The standard InChI is InChI=1S/C14H18N4O3/c1-12(10-17-8-6-15-11-17)16-7-9-21-14-4-2-13(3-5-14)18(19)20/h2-6,8,11-12,16H,7,9-10H2,1H3. The molecule has 0 bridgehead atoms. The second-order valence-electron chi connectivity index (χ2n) is 4.71. The number of hydrogen-bond donors (Lipinski definition) is 1. The number of aromatic nitrogens is 2. The summed E-state index contributed by atoms with van der Waals surface area (Å²) in [6.45, 7) is 4.14. The van der Waals surface area contributed by atoms with Crippen LogP contribution in [0, 0.1) is 10.1 Å². The van der Waals surface area contributed by atoms with Crippen molar-refractivity contribution in [1.82, 2.24) is 14.9 Å². The minimum Gasteiger partial charge on any atom is -0.492 e. The first kappa shape index (κ1) is 15.0. The van der Waals surface area contributed by atoms with Crippen LogP contribution >= 0.6 is 0 Å². The maximum Gasteiger partial charge on any atom is 0.269 e. The van der Waals surface area contributed by atoms with Gasteiger partial charge >= 0.3 is 0 Å². The van der Waals surface area contributed by atoms with Gasteiger partial charge in [0.25, 0.3) is 5.69 Å². The first-order valence-corrected chi connectivity index (χ1v) is 6.71. The Morgan fingerprint density at radius 1 is 1.43 bits per heavy atom. The van der Waals surface area contributed by atoms with Crippen LogP contribution in [0.3, 0.4) is 0 Å². The van der Waals surface area contributed by atoms with Crippen LogP contribution in [0.2, 0.25) is 0 Å². The van der Waals surface area contributed by atoms with Gasteiger partial charge in [-0.2, -0.15) is 0 Å². The lowest BCUT2D eigenvalue weighted by Gasteiger charge is -2.14. The monoisotopic (exact) mass is 290 g/mol. The molecular formula is C14H18N4O3. The van der Waals surface area contributed by atoms with Crippen molar-refractivity contribution in [2.24, 2.45) is 0 Å². The fourth-order valence-corrected chi connectivity index (χ4v) is 1.91. The zero-order valence-corrected chi connectivity index (χ0v) is 11.8. The van der Waals surface area contributed by atoms with Gasteiger partial charge in [0.1, 0.15) is 12.4 Å². The third kappa shape index (κ3) is 4.88. The molecule has 2 aromatic rings. The Morgan fingerprint density at radius 2 is 2.19 bits per heavy atom. The van der Waals surface area contributed by atoms with Crippen molar-refractivity contribution in [1.29, 1.82) is 0 Å². The quantitative estimate of drug-likeness (QED) is 0.456. The van der Waals surface area contributed by atoms with Crippen molar-refractivity contribution < 1.29 is 9.66 Å². The predicted octanol–water partition coefficient (Wildman–Crippen LogP) is 1.85.